The maximum Gasteiger partial charge on any atom is 0.233 e. The molecule has 0 heterocycles. The van der Waals surface area contributed by atoms with Gasteiger partial charge in [0.05, 0.1) is 6.54 Å². The molecule has 0 aliphatic heterocycles. The Labute approximate surface area is 99.8 Å². The smallest absolute Gasteiger partial charge is 0.233 e. The highest BCUT2D eigenvalue weighted by Gasteiger charge is 2.05. The van der Waals surface area contributed by atoms with Crippen LogP contribution >= 0.6 is 0 Å². The van der Waals surface area contributed by atoms with Gasteiger partial charge in [-0.15, -0.1) is 0 Å². The van der Waals surface area contributed by atoms with Crippen LogP contribution in [0, 0.1) is 0 Å². The Balaban J connectivity index is 3.43. The van der Waals surface area contributed by atoms with Gasteiger partial charge in [0, 0.05) is 12.6 Å². The van der Waals surface area contributed by atoms with Gasteiger partial charge in [-0.3, -0.25) is 4.79 Å². The van der Waals surface area contributed by atoms with Gasteiger partial charge in [-0.25, -0.2) is 0 Å². The summed E-state index contributed by atoms with van der Waals surface area (Å²) in [4.78, 5) is 13.5. The molecular formula is C12H27N3O. The normalized spacial score (nSPS) is 12.8. The number of rotatable bonds is 9. The van der Waals surface area contributed by atoms with E-state index in [9.17, 15) is 4.79 Å². The van der Waals surface area contributed by atoms with Crippen LogP contribution in [0.1, 0.15) is 33.1 Å². The molecule has 0 aromatic heterocycles. The van der Waals surface area contributed by atoms with Gasteiger partial charge < -0.3 is 15.5 Å². The van der Waals surface area contributed by atoms with Crippen molar-refractivity contribution in [1.82, 2.24) is 15.5 Å². The Morgan fingerprint density at radius 2 is 2.06 bits per heavy atom. The molecule has 0 aliphatic rings. The van der Waals surface area contributed by atoms with Crippen molar-refractivity contribution in [2.75, 3.05) is 33.7 Å². The molecular weight excluding hydrogens is 202 g/mol. The van der Waals surface area contributed by atoms with Gasteiger partial charge in [-0.2, -0.15) is 0 Å². The van der Waals surface area contributed by atoms with Crippen LogP contribution in [0.4, 0.5) is 0 Å². The number of carbonyl (C=O) groups is 1. The molecule has 0 rings (SSSR count). The molecule has 2 N–H and O–H groups in total. The quantitative estimate of drug-likeness (QED) is 0.576. The van der Waals surface area contributed by atoms with E-state index in [0.29, 0.717) is 12.6 Å². The Kier molecular flexibility index (Phi) is 9.24. The fourth-order valence-corrected chi connectivity index (χ4v) is 1.29. The second-order valence-electron chi connectivity index (χ2n) is 4.58. The van der Waals surface area contributed by atoms with Crippen molar-refractivity contribution < 1.29 is 4.79 Å². The predicted octanol–water partition coefficient (Wildman–Crippen LogP) is 0.833. The van der Waals surface area contributed by atoms with Crippen LogP contribution in [0.25, 0.3) is 0 Å². The molecule has 1 atom stereocenters. The summed E-state index contributed by atoms with van der Waals surface area (Å²) in [7, 11) is 4.12. The molecule has 1 amide bonds. The first kappa shape index (κ1) is 15.4. The van der Waals surface area contributed by atoms with Crippen molar-refractivity contribution in [3.05, 3.63) is 0 Å². The summed E-state index contributed by atoms with van der Waals surface area (Å²) in [5, 5.41) is 6.12. The zero-order valence-electron chi connectivity index (χ0n) is 11.2. The molecule has 0 spiro atoms. The van der Waals surface area contributed by atoms with Gasteiger partial charge in [0.15, 0.2) is 0 Å². The van der Waals surface area contributed by atoms with E-state index in [0.717, 1.165) is 32.4 Å². The molecule has 0 bridgehead atoms. The van der Waals surface area contributed by atoms with Crippen LogP contribution in [-0.4, -0.2) is 50.6 Å². The third-order valence-corrected chi connectivity index (χ3v) is 2.47. The van der Waals surface area contributed by atoms with Crippen molar-refractivity contribution in [1.29, 1.82) is 0 Å². The predicted molar refractivity (Wildman–Crippen MR) is 68.6 cm³/mol. The molecule has 96 valence electrons. The number of hydrogen-bond donors (Lipinski definition) is 2. The van der Waals surface area contributed by atoms with Crippen LogP contribution in [0.2, 0.25) is 0 Å². The van der Waals surface area contributed by atoms with Crippen molar-refractivity contribution in [3.8, 4) is 0 Å². The number of carbonyl (C=O) groups excluding carboxylic acids is 1. The minimum atomic E-state index is 0.102. The molecule has 0 aliphatic carbocycles. The highest BCUT2D eigenvalue weighted by atomic mass is 16.1. The summed E-state index contributed by atoms with van der Waals surface area (Å²) in [6, 6.07) is 0.388. The Bertz CT molecular complexity index is 183. The van der Waals surface area contributed by atoms with Gasteiger partial charge in [0.1, 0.15) is 0 Å². The number of nitrogens with one attached hydrogen (secondary N) is 2. The molecule has 4 heteroatoms. The molecule has 0 saturated carbocycles. The average molecular weight is 229 g/mol. The van der Waals surface area contributed by atoms with Gasteiger partial charge in [0.2, 0.25) is 5.91 Å². The molecule has 0 radical (unpaired) electrons. The minimum Gasteiger partial charge on any atom is -0.355 e. The molecule has 0 fully saturated rings. The van der Waals surface area contributed by atoms with Crippen molar-refractivity contribution in [2.24, 2.45) is 0 Å². The lowest BCUT2D eigenvalue weighted by Crippen LogP contribution is -2.39. The SMILES string of the molecule is CCCCNC(=O)CNC(C)CCN(C)C. The minimum absolute atomic E-state index is 0.102. The second kappa shape index (κ2) is 9.60. The fourth-order valence-electron chi connectivity index (χ4n) is 1.29. The summed E-state index contributed by atoms with van der Waals surface area (Å²) in [5.41, 5.74) is 0. The van der Waals surface area contributed by atoms with Crippen LogP contribution < -0.4 is 10.6 Å². The van der Waals surface area contributed by atoms with Gasteiger partial charge in [0.25, 0.3) is 0 Å². The van der Waals surface area contributed by atoms with Crippen LogP contribution in [-0.2, 0) is 4.79 Å². The molecule has 4 nitrogen and oxygen atoms in total. The van der Waals surface area contributed by atoms with E-state index < -0.39 is 0 Å². The summed E-state index contributed by atoms with van der Waals surface area (Å²) >= 11 is 0. The van der Waals surface area contributed by atoms with Gasteiger partial charge >= 0.3 is 0 Å². The van der Waals surface area contributed by atoms with Crippen molar-refractivity contribution >= 4 is 5.91 Å². The number of hydrogen-bond acceptors (Lipinski definition) is 3. The molecule has 0 saturated heterocycles. The Hall–Kier alpha value is -0.610. The summed E-state index contributed by atoms with van der Waals surface area (Å²) in [6.07, 6.45) is 3.24. The highest BCUT2D eigenvalue weighted by Crippen LogP contribution is 1.91. The largest absolute Gasteiger partial charge is 0.355 e. The summed E-state index contributed by atoms with van der Waals surface area (Å²) in [6.45, 7) is 6.50. The topological polar surface area (TPSA) is 44.4 Å². The molecule has 1 unspecified atom stereocenters. The van der Waals surface area contributed by atoms with E-state index in [-0.39, 0.29) is 5.91 Å². The lowest BCUT2D eigenvalue weighted by Gasteiger charge is -2.16. The van der Waals surface area contributed by atoms with E-state index in [4.69, 9.17) is 0 Å². The standard InChI is InChI=1S/C12H27N3O/c1-5-6-8-13-12(16)10-14-11(2)7-9-15(3)4/h11,14H,5-10H2,1-4H3,(H,13,16). The van der Waals surface area contributed by atoms with E-state index in [1.165, 1.54) is 0 Å². The average Bonchev–Trinajstić information content (AvgIpc) is 2.24. The maximum absolute atomic E-state index is 11.4. The Morgan fingerprint density at radius 3 is 2.62 bits per heavy atom. The molecule has 0 aromatic carbocycles. The van der Waals surface area contributed by atoms with E-state index in [1.54, 1.807) is 0 Å². The van der Waals surface area contributed by atoms with Gasteiger partial charge in [-0.05, 0) is 40.4 Å². The number of unbranched alkanes of at least 4 members (excludes halogenated alkanes) is 1. The lowest BCUT2D eigenvalue weighted by molar-refractivity contribution is -0.120. The van der Waals surface area contributed by atoms with Crippen molar-refractivity contribution in [2.45, 2.75) is 39.2 Å². The van der Waals surface area contributed by atoms with Crippen LogP contribution in [0.3, 0.4) is 0 Å². The Morgan fingerprint density at radius 1 is 1.38 bits per heavy atom. The zero-order chi connectivity index (χ0) is 12.4. The molecule has 0 aromatic rings. The van der Waals surface area contributed by atoms with E-state index in [1.807, 2.05) is 0 Å². The zero-order valence-corrected chi connectivity index (χ0v) is 11.2. The monoisotopic (exact) mass is 229 g/mol. The van der Waals surface area contributed by atoms with Crippen LogP contribution in [0.15, 0.2) is 0 Å². The van der Waals surface area contributed by atoms with Crippen molar-refractivity contribution in [3.63, 3.8) is 0 Å². The first-order chi connectivity index (χ1) is 7.56. The number of nitrogens with zero attached hydrogens (tertiary/aromatic N) is 1. The first-order valence-corrected chi connectivity index (χ1v) is 6.21. The number of amides is 1. The molecule has 16 heavy (non-hydrogen) atoms. The van der Waals surface area contributed by atoms with Gasteiger partial charge in [-0.1, -0.05) is 13.3 Å². The second-order valence-corrected chi connectivity index (χ2v) is 4.58. The third kappa shape index (κ3) is 9.93. The third-order valence-electron chi connectivity index (χ3n) is 2.47. The highest BCUT2D eigenvalue weighted by molar-refractivity contribution is 5.77. The maximum atomic E-state index is 11.4. The fraction of sp³-hybridized carbons (Fsp3) is 0.917. The summed E-state index contributed by atoms with van der Waals surface area (Å²) < 4.78 is 0. The van der Waals surface area contributed by atoms with E-state index in [2.05, 4.69) is 43.5 Å². The lowest BCUT2D eigenvalue weighted by atomic mass is 10.2. The first-order valence-electron chi connectivity index (χ1n) is 6.21. The summed E-state index contributed by atoms with van der Waals surface area (Å²) in [5.74, 6) is 0.102. The van der Waals surface area contributed by atoms with Crippen LogP contribution in [0.5, 0.6) is 0 Å². The van der Waals surface area contributed by atoms with E-state index >= 15 is 0 Å².